The highest BCUT2D eigenvalue weighted by Crippen LogP contribution is 2.30. The van der Waals surface area contributed by atoms with Gasteiger partial charge in [-0.3, -0.25) is 9.69 Å². The summed E-state index contributed by atoms with van der Waals surface area (Å²) in [6.07, 6.45) is 2.14. The highest BCUT2D eigenvalue weighted by molar-refractivity contribution is 5.43. The summed E-state index contributed by atoms with van der Waals surface area (Å²) < 4.78 is 11.1. The van der Waals surface area contributed by atoms with Crippen LogP contribution in [0.4, 0.5) is 0 Å². The molecule has 0 unspecified atom stereocenters. The number of H-pyrrole nitrogens is 1. The molecule has 2 heterocycles. The summed E-state index contributed by atoms with van der Waals surface area (Å²) in [6, 6.07) is 6.11. The first-order valence-electron chi connectivity index (χ1n) is 9.61. The van der Waals surface area contributed by atoms with Gasteiger partial charge in [0.25, 0.3) is 5.56 Å². The Morgan fingerprint density at radius 1 is 1.30 bits per heavy atom. The van der Waals surface area contributed by atoms with Gasteiger partial charge in [0.2, 0.25) is 0 Å². The minimum atomic E-state index is -0.0223. The lowest BCUT2D eigenvalue weighted by molar-refractivity contribution is 0.196. The van der Waals surface area contributed by atoms with Gasteiger partial charge in [0.1, 0.15) is 5.82 Å². The van der Waals surface area contributed by atoms with Crippen molar-refractivity contribution in [3.63, 3.8) is 0 Å². The van der Waals surface area contributed by atoms with E-state index in [1.807, 2.05) is 32.9 Å². The molecule has 0 aliphatic carbocycles. The van der Waals surface area contributed by atoms with Gasteiger partial charge in [0.05, 0.1) is 13.7 Å². The fourth-order valence-corrected chi connectivity index (χ4v) is 3.63. The van der Waals surface area contributed by atoms with Crippen LogP contribution in [0, 0.1) is 13.8 Å². The minimum absolute atomic E-state index is 0.0223. The zero-order chi connectivity index (χ0) is 19.4. The summed E-state index contributed by atoms with van der Waals surface area (Å²) >= 11 is 0. The summed E-state index contributed by atoms with van der Waals surface area (Å²) in [7, 11) is 1.67. The standard InChI is InChI=1S/C21H29N3O3/c1-5-27-18-9-8-16(11-19(18)26-4)12-24-10-6-7-17(13-24)20-22-15(3)14(2)21(25)23-20/h8-9,11,17H,5-7,10,12-13H2,1-4H3,(H,22,23,25)/t17-/m0/s1. The van der Waals surface area contributed by atoms with E-state index in [4.69, 9.17) is 9.47 Å². The molecule has 3 rings (SSSR count). The van der Waals surface area contributed by atoms with E-state index in [9.17, 15) is 4.79 Å². The van der Waals surface area contributed by atoms with Gasteiger partial charge < -0.3 is 14.5 Å². The molecule has 2 aromatic rings. The predicted octanol–water partition coefficient (Wildman–Crippen LogP) is 3.17. The molecule has 1 aliphatic heterocycles. The van der Waals surface area contributed by atoms with E-state index in [2.05, 4.69) is 20.9 Å². The second-order valence-electron chi connectivity index (χ2n) is 7.15. The number of nitrogens with one attached hydrogen (secondary N) is 1. The highest BCUT2D eigenvalue weighted by atomic mass is 16.5. The number of aromatic nitrogens is 2. The first kappa shape index (κ1) is 19.4. The third kappa shape index (κ3) is 4.50. The van der Waals surface area contributed by atoms with Crippen LogP contribution in [-0.2, 0) is 6.54 Å². The Morgan fingerprint density at radius 3 is 2.81 bits per heavy atom. The molecule has 146 valence electrons. The molecule has 1 saturated heterocycles. The largest absolute Gasteiger partial charge is 0.493 e. The second-order valence-corrected chi connectivity index (χ2v) is 7.15. The number of aromatic amines is 1. The topological polar surface area (TPSA) is 67.5 Å². The maximum atomic E-state index is 12.1. The lowest BCUT2D eigenvalue weighted by atomic mass is 9.96. The minimum Gasteiger partial charge on any atom is -0.493 e. The van der Waals surface area contributed by atoms with Crippen molar-refractivity contribution < 1.29 is 9.47 Å². The van der Waals surface area contributed by atoms with Crippen molar-refractivity contribution in [2.24, 2.45) is 0 Å². The summed E-state index contributed by atoms with van der Waals surface area (Å²) in [6.45, 7) is 9.08. The smallest absolute Gasteiger partial charge is 0.254 e. The maximum absolute atomic E-state index is 12.1. The Bertz CT molecular complexity index is 847. The van der Waals surface area contributed by atoms with Crippen molar-refractivity contribution in [3.8, 4) is 11.5 Å². The van der Waals surface area contributed by atoms with E-state index in [1.165, 1.54) is 5.56 Å². The molecular formula is C21H29N3O3. The van der Waals surface area contributed by atoms with Crippen LogP contribution in [0.2, 0.25) is 0 Å². The molecule has 1 N–H and O–H groups in total. The summed E-state index contributed by atoms with van der Waals surface area (Å²) in [5.41, 5.74) is 2.69. The van der Waals surface area contributed by atoms with E-state index >= 15 is 0 Å². The maximum Gasteiger partial charge on any atom is 0.254 e. The van der Waals surface area contributed by atoms with Crippen molar-refractivity contribution in [2.75, 3.05) is 26.8 Å². The SMILES string of the molecule is CCOc1ccc(CN2CCC[C@H](c3nc(C)c(C)c(=O)[nH]3)C2)cc1OC. The van der Waals surface area contributed by atoms with Crippen molar-refractivity contribution >= 4 is 0 Å². The average molecular weight is 371 g/mol. The van der Waals surface area contributed by atoms with Gasteiger partial charge in [-0.2, -0.15) is 0 Å². The van der Waals surface area contributed by atoms with Gasteiger partial charge >= 0.3 is 0 Å². The molecule has 0 radical (unpaired) electrons. The zero-order valence-electron chi connectivity index (χ0n) is 16.7. The Kier molecular flexibility index (Phi) is 6.16. The van der Waals surface area contributed by atoms with Crippen LogP contribution in [0.15, 0.2) is 23.0 Å². The molecule has 1 aromatic heterocycles. The Hall–Kier alpha value is -2.34. The van der Waals surface area contributed by atoms with Gasteiger partial charge in [0.15, 0.2) is 11.5 Å². The molecule has 0 spiro atoms. The first-order chi connectivity index (χ1) is 13.0. The molecule has 1 atom stereocenters. The van der Waals surface area contributed by atoms with Crippen LogP contribution >= 0.6 is 0 Å². The van der Waals surface area contributed by atoms with E-state index in [0.717, 1.165) is 55.5 Å². The van der Waals surface area contributed by atoms with Crippen molar-refractivity contribution in [1.29, 1.82) is 0 Å². The molecule has 6 nitrogen and oxygen atoms in total. The molecule has 0 saturated carbocycles. The number of likely N-dealkylation sites (tertiary alicyclic amines) is 1. The number of benzene rings is 1. The third-order valence-electron chi connectivity index (χ3n) is 5.24. The second kappa shape index (κ2) is 8.57. The van der Waals surface area contributed by atoms with Crippen LogP contribution in [0.1, 0.15) is 48.3 Å². The van der Waals surface area contributed by atoms with Gasteiger partial charge in [-0.05, 0) is 57.9 Å². The summed E-state index contributed by atoms with van der Waals surface area (Å²) in [5, 5.41) is 0. The number of hydrogen-bond acceptors (Lipinski definition) is 5. The third-order valence-corrected chi connectivity index (χ3v) is 5.24. The first-order valence-corrected chi connectivity index (χ1v) is 9.61. The predicted molar refractivity (Wildman–Crippen MR) is 106 cm³/mol. The molecule has 6 heteroatoms. The van der Waals surface area contributed by atoms with E-state index in [-0.39, 0.29) is 11.5 Å². The number of nitrogens with zero attached hydrogens (tertiary/aromatic N) is 2. The van der Waals surface area contributed by atoms with Crippen molar-refractivity contribution in [2.45, 2.75) is 46.1 Å². The van der Waals surface area contributed by atoms with Gasteiger partial charge in [-0.25, -0.2) is 4.98 Å². The Labute approximate surface area is 160 Å². The van der Waals surface area contributed by atoms with Gasteiger partial charge in [0, 0.05) is 30.3 Å². The van der Waals surface area contributed by atoms with Crippen LogP contribution in [-0.4, -0.2) is 41.7 Å². The quantitative estimate of drug-likeness (QED) is 0.845. The lowest BCUT2D eigenvalue weighted by Crippen LogP contribution is -2.35. The Balaban J connectivity index is 1.72. The molecule has 1 aromatic carbocycles. The average Bonchev–Trinajstić information content (AvgIpc) is 2.67. The van der Waals surface area contributed by atoms with Gasteiger partial charge in [-0.15, -0.1) is 0 Å². The van der Waals surface area contributed by atoms with Gasteiger partial charge in [-0.1, -0.05) is 6.07 Å². The van der Waals surface area contributed by atoms with Crippen LogP contribution in [0.3, 0.4) is 0 Å². The number of hydrogen-bond donors (Lipinski definition) is 1. The molecule has 1 fully saturated rings. The molecule has 0 bridgehead atoms. The van der Waals surface area contributed by atoms with E-state index in [1.54, 1.807) is 7.11 Å². The Morgan fingerprint density at radius 2 is 2.11 bits per heavy atom. The number of rotatable bonds is 6. The number of methoxy groups -OCH3 is 1. The molecular weight excluding hydrogens is 342 g/mol. The number of piperidine rings is 1. The summed E-state index contributed by atoms with van der Waals surface area (Å²) in [4.78, 5) is 22.1. The fourth-order valence-electron chi connectivity index (χ4n) is 3.63. The molecule has 27 heavy (non-hydrogen) atoms. The number of aryl methyl sites for hydroxylation is 1. The monoisotopic (exact) mass is 371 g/mol. The van der Waals surface area contributed by atoms with Crippen molar-refractivity contribution in [1.82, 2.24) is 14.9 Å². The van der Waals surface area contributed by atoms with Crippen LogP contribution in [0.25, 0.3) is 0 Å². The van der Waals surface area contributed by atoms with E-state index in [0.29, 0.717) is 12.2 Å². The zero-order valence-corrected chi connectivity index (χ0v) is 16.7. The highest BCUT2D eigenvalue weighted by Gasteiger charge is 2.24. The van der Waals surface area contributed by atoms with E-state index < -0.39 is 0 Å². The molecule has 1 aliphatic rings. The van der Waals surface area contributed by atoms with Crippen LogP contribution in [0.5, 0.6) is 11.5 Å². The fraction of sp³-hybridized carbons (Fsp3) is 0.524. The lowest BCUT2D eigenvalue weighted by Gasteiger charge is -2.32. The van der Waals surface area contributed by atoms with Crippen LogP contribution < -0.4 is 15.0 Å². The normalized spacial score (nSPS) is 17.7. The van der Waals surface area contributed by atoms with Crippen molar-refractivity contribution in [3.05, 3.63) is 51.2 Å². The summed E-state index contributed by atoms with van der Waals surface area (Å²) in [5.74, 6) is 2.62. The number of ether oxygens (including phenoxy) is 2. The molecule has 0 amide bonds.